The van der Waals surface area contributed by atoms with Crippen LogP contribution in [0.25, 0.3) is 0 Å². The minimum absolute atomic E-state index is 0.841. The molecule has 2 aliphatic rings. The average molecular weight is 250 g/mol. The molecule has 0 unspecified atom stereocenters. The Kier molecular flexibility index (Phi) is 3.79. The minimum Gasteiger partial charge on any atom is -0.317 e. The summed E-state index contributed by atoms with van der Waals surface area (Å²) in [6, 6.07) is 5.37. The van der Waals surface area contributed by atoms with Crippen molar-refractivity contribution in [1.29, 1.82) is 0 Å². The summed E-state index contributed by atoms with van der Waals surface area (Å²) in [4.78, 5) is 4.35. The van der Waals surface area contributed by atoms with Crippen molar-refractivity contribution in [2.75, 3.05) is 26.2 Å². The minimum atomic E-state index is 0.841. The molecule has 0 amide bonds. The van der Waals surface area contributed by atoms with Crippen LogP contribution in [0.3, 0.4) is 0 Å². The third kappa shape index (κ3) is 2.72. The van der Waals surface area contributed by atoms with Gasteiger partial charge in [-0.25, -0.2) is 0 Å². The predicted octanol–water partition coefficient (Wildman–Crippen LogP) is 2.68. The highest BCUT2D eigenvalue weighted by molar-refractivity contribution is 7.10. The fraction of sp³-hybridized carbons (Fsp3) is 0.714. The van der Waals surface area contributed by atoms with E-state index < -0.39 is 0 Å². The van der Waals surface area contributed by atoms with Crippen molar-refractivity contribution in [2.24, 2.45) is 0 Å². The summed E-state index contributed by atoms with van der Waals surface area (Å²) in [6.07, 6.45) is 5.43. The van der Waals surface area contributed by atoms with Gasteiger partial charge in [0.05, 0.1) is 0 Å². The van der Waals surface area contributed by atoms with Crippen LogP contribution in [0.1, 0.15) is 36.5 Å². The maximum atomic E-state index is 3.46. The van der Waals surface area contributed by atoms with E-state index in [1.54, 1.807) is 4.88 Å². The number of rotatable bonds is 2. The number of piperidine rings is 2. The van der Waals surface area contributed by atoms with E-state index >= 15 is 0 Å². The predicted molar refractivity (Wildman–Crippen MR) is 73.8 cm³/mol. The van der Waals surface area contributed by atoms with Crippen molar-refractivity contribution < 1.29 is 0 Å². The SMILES string of the molecule is c1csc(C2CCN(C3CCNCC3)CC2)c1. The van der Waals surface area contributed by atoms with E-state index in [1.165, 1.54) is 51.9 Å². The van der Waals surface area contributed by atoms with E-state index in [4.69, 9.17) is 0 Å². The fourth-order valence-electron chi connectivity index (χ4n) is 3.24. The first-order valence-corrected chi connectivity index (χ1v) is 7.79. The summed E-state index contributed by atoms with van der Waals surface area (Å²) in [5.41, 5.74) is 0. The maximum absolute atomic E-state index is 3.46. The number of thiophene rings is 1. The molecule has 1 N–H and O–H groups in total. The highest BCUT2D eigenvalue weighted by atomic mass is 32.1. The second-order valence-electron chi connectivity index (χ2n) is 5.31. The molecule has 2 nitrogen and oxygen atoms in total. The topological polar surface area (TPSA) is 15.3 Å². The van der Waals surface area contributed by atoms with Gasteiger partial charge in [0.15, 0.2) is 0 Å². The van der Waals surface area contributed by atoms with Gasteiger partial charge in [-0.3, -0.25) is 0 Å². The average Bonchev–Trinajstić information content (AvgIpc) is 2.94. The molecule has 0 aromatic carbocycles. The quantitative estimate of drug-likeness (QED) is 0.868. The Morgan fingerprint density at radius 3 is 2.53 bits per heavy atom. The summed E-state index contributed by atoms with van der Waals surface area (Å²) in [5.74, 6) is 0.841. The van der Waals surface area contributed by atoms with Crippen molar-refractivity contribution in [3.63, 3.8) is 0 Å². The monoisotopic (exact) mass is 250 g/mol. The number of hydrogen-bond donors (Lipinski definition) is 1. The van der Waals surface area contributed by atoms with E-state index in [1.807, 2.05) is 11.3 Å². The van der Waals surface area contributed by atoms with Gasteiger partial charge < -0.3 is 10.2 Å². The van der Waals surface area contributed by atoms with E-state index in [2.05, 4.69) is 27.7 Å². The molecular weight excluding hydrogens is 228 g/mol. The van der Waals surface area contributed by atoms with Crippen LogP contribution in [0.15, 0.2) is 17.5 Å². The van der Waals surface area contributed by atoms with E-state index in [0.717, 1.165) is 12.0 Å². The van der Waals surface area contributed by atoms with Crippen LogP contribution >= 0.6 is 11.3 Å². The number of nitrogens with zero attached hydrogens (tertiary/aromatic N) is 1. The third-order valence-electron chi connectivity index (χ3n) is 4.30. The molecule has 0 aliphatic carbocycles. The lowest BCUT2D eigenvalue weighted by molar-refractivity contribution is 0.127. The first kappa shape index (κ1) is 11.7. The van der Waals surface area contributed by atoms with Crippen molar-refractivity contribution in [3.8, 4) is 0 Å². The molecule has 0 bridgehead atoms. The van der Waals surface area contributed by atoms with Gasteiger partial charge in [0, 0.05) is 10.9 Å². The third-order valence-corrected chi connectivity index (χ3v) is 5.33. The fourth-order valence-corrected chi connectivity index (χ4v) is 4.14. The Morgan fingerprint density at radius 1 is 1.12 bits per heavy atom. The van der Waals surface area contributed by atoms with Gasteiger partial charge in [-0.2, -0.15) is 0 Å². The van der Waals surface area contributed by atoms with Gasteiger partial charge in [-0.1, -0.05) is 6.07 Å². The van der Waals surface area contributed by atoms with Crippen molar-refractivity contribution in [2.45, 2.75) is 37.6 Å². The van der Waals surface area contributed by atoms with Gasteiger partial charge in [0.25, 0.3) is 0 Å². The van der Waals surface area contributed by atoms with Crippen LogP contribution in [0.4, 0.5) is 0 Å². The lowest BCUT2D eigenvalue weighted by atomic mass is 9.93. The summed E-state index contributed by atoms with van der Waals surface area (Å²) < 4.78 is 0. The smallest absolute Gasteiger partial charge is 0.0119 e. The van der Waals surface area contributed by atoms with Gasteiger partial charge in [0.1, 0.15) is 0 Å². The van der Waals surface area contributed by atoms with Crippen molar-refractivity contribution >= 4 is 11.3 Å². The van der Waals surface area contributed by atoms with Gasteiger partial charge in [-0.15, -0.1) is 11.3 Å². The normalized spacial score (nSPS) is 25.2. The second-order valence-corrected chi connectivity index (χ2v) is 6.29. The molecular formula is C14H22N2S. The van der Waals surface area contributed by atoms with Crippen LogP contribution in [-0.4, -0.2) is 37.1 Å². The largest absolute Gasteiger partial charge is 0.317 e. The molecule has 0 spiro atoms. The number of likely N-dealkylation sites (tertiary alicyclic amines) is 1. The molecule has 1 aromatic heterocycles. The standard InChI is InChI=1S/C14H22N2S/c1-2-14(17-11-1)12-5-9-16(10-6-12)13-3-7-15-8-4-13/h1-2,11-13,15H,3-10H2. The van der Waals surface area contributed by atoms with Crippen LogP contribution < -0.4 is 5.32 Å². The molecule has 2 saturated heterocycles. The van der Waals surface area contributed by atoms with Crippen LogP contribution in [-0.2, 0) is 0 Å². The zero-order valence-electron chi connectivity index (χ0n) is 10.4. The Hall–Kier alpha value is -0.380. The van der Waals surface area contributed by atoms with Gasteiger partial charge >= 0.3 is 0 Å². The van der Waals surface area contributed by atoms with E-state index in [9.17, 15) is 0 Å². The lowest BCUT2D eigenvalue weighted by Gasteiger charge is -2.39. The molecule has 0 atom stereocenters. The Labute approximate surface area is 108 Å². The first-order valence-electron chi connectivity index (χ1n) is 6.91. The molecule has 17 heavy (non-hydrogen) atoms. The van der Waals surface area contributed by atoms with Gasteiger partial charge in [-0.05, 0) is 69.2 Å². The Bertz CT molecular complexity index is 322. The lowest BCUT2D eigenvalue weighted by Crippen LogP contribution is -2.46. The second kappa shape index (κ2) is 5.51. The summed E-state index contributed by atoms with van der Waals surface area (Å²) >= 11 is 1.94. The molecule has 3 rings (SSSR count). The highest BCUT2D eigenvalue weighted by Gasteiger charge is 2.26. The van der Waals surface area contributed by atoms with Crippen LogP contribution in [0.2, 0.25) is 0 Å². The molecule has 94 valence electrons. The van der Waals surface area contributed by atoms with Crippen LogP contribution in [0, 0.1) is 0 Å². The number of hydrogen-bond acceptors (Lipinski definition) is 3. The van der Waals surface area contributed by atoms with Crippen LogP contribution in [0.5, 0.6) is 0 Å². The summed E-state index contributed by atoms with van der Waals surface area (Å²) in [5, 5.41) is 5.68. The molecule has 3 heteroatoms. The molecule has 3 heterocycles. The zero-order chi connectivity index (χ0) is 11.5. The Morgan fingerprint density at radius 2 is 1.88 bits per heavy atom. The molecule has 2 aliphatic heterocycles. The Balaban J connectivity index is 1.53. The molecule has 1 aromatic rings. The van der Waals surface area contributed by atoms with Crippen molar-refractivity contribution in [1.82, 2.24) is 10.2 Å². The van der Waals surface area contributed by atoms with E-state index in [0.29, 0.717) is 0 Å². The summed E-state index contributed by atoms with van der Waals surface area (Å²) in [6.45, 7) is 5.06. The zero-order valence-corrected chi connectivity index (χ0v) is 11.2. The van der Waals surface area contributed by atoms with Crippen molar-refractivity contribution in [3.05, 3.63) is 22.4 Å². The number of nitrogens with one attached hydrogen (secondary N) is 1. The molecule has 0 saturated carbocycles. The van der Waals surface area contributed by atoms with Gasteiger partial charge in [0.2, 0.25) is 0 Å². The molecule has 0 radical (unpaired) electrons. The highest BCUT2D eigenvalue weighted by Crippen LogP contribution is 2.32. The van der Waals surface area contributed by atoms with E-state index in [-0.39, 0.29) is 0 Å². The summed E-state index contributed by atoms with van der Waals surface area (Å²) in [7, 11) is 0. The first-order chi connectivity index (χ1) is 8.43. The maximum Gasteiger partial charge on any atom is 0.0119 e. The molecule has 2 fully saturated rings.